The minimum atomic E-state index is -3.70. The Morgan fingerprint density at radius 3 is 2.52 bits per heavy atom. The van der Waals surface area contributed by atoms with Crippen molar-refractivity contribution in [2.75, 3.05) is 5.75 Å². The van der Waals surface area contributed by atoms with Crippen LogP contribution in [0.25, 0.3) is 0 Å². The molecular weight excluding hydrogens is 314 g/mol. The highest BCUT2D eigenvalue weighted by Crippen LogP contribution is 2.40. The fraction of sp³-hybridized carbons (Fsp3) is 0.500. The fourth-order valence-corrected chi connectivity index (χ4v) is 4.03. The van der Waals surface area contributed by atoms with Crippen LogP contribution in [0.15, 0.2) is 30.3 Å². The molecule has 0 aliphatic heterocycles. The molecular formula is C14H18ClNO4S. The molecule has 1 amide bonds. The SMILES string of the molecule is CC(CS(=O)(=O)Cl)(NC(=O)OCc1ccccc1)C1CC1. The number of carbonyl (C=O) groups is 1. The topological polar surface area (TPSA) is 72.5 Å². The Labute approximate surface area is 129 Å². The Morgan fingerprint density at radius 2 is 2.00 bits per heavy atom. The highest BCUT2D eigenvalue weighted by atomic mass is 35.7. The summed E-state index contributed by atoms with van der Waals surface area (Å²) < 4.78 is 27.8. The Kier molecular flexibility index (Phi) is 4.78. The van der Waals surface area contributed by atoms with Gasteiger partial charge in [-0.2, -0.15) is 0 Å². The summed E-state index contributed by atoms with van der Waals surface area (Å²) in [4.78, 5) is 11.9. The second-order valence-corrected chi connectivity index (χ2v) is 8.34. The maximum absolute atomic E-state index is 11.9. The van der Waals surface area contributed by atoms with Crippen molar-refractivity contribution in [2.45, 2.75) is 31.9 Å². The van der Waals surface area contributed by atoms with Gasteiger partial charge in [0.05, 0.1) is 11.3 Å². The number of rotatable bonds is 6. The van der Waals surface area contributed by atoms with E-state index in [1.54, 1.807) is 6.92 Å². The molecule has 1 fully saturated rings. The predicted octanol–water partition coefficient (Wildman–Crippen LogP) is 2.65. The molecule has 1 aliphatic carbocycles. The molecule has 0 heterocycles. The molecule has 116 valence electrons. The van der Waals surface area contributed by atoms with Gasteiger partial charge >= 0.3 is 6.09 Å². The normalized spacial score (nSPS) is 17.8. The molecule has 0 saturated heterocycles. The summed E-state index contributed by atoms with van der Waals surface area (Å²) in [6, 6.07) is 9.27. The summed E-state index contributed by atoms with van der Waals surface area (Å²) in [6.07, 6.45) is 1.12. The lowest BCUT2D eigenvalue weighted by Gasteiger charge is -2.29. The zero-order valence-corrected chi connectivity index (χ0v) is 13.3. The van der Waals surface area contributed by atoms with E-state index < -0.39 is 20.7 Å². The molecule has 0 aromatic heterocycles. The van der Waals surface area contributed by atoms with Gasteiger partial charge in [-0.25, -0.2) is 13.2 Å². The van der Waals surface area contributed by atoms with E-state index in [1.165, 1.54) is 0 Å². The van der Waals surface area contributed by atoms with Crippen molar-refractivity contribution in [2.24, 2.45) is 5.92 Å². The molecule has 1 aromatic carbocycles. The lowest BCUT2D eigenvalue weighted by molar-refractivity contribution is 0.127. The summed E-state index contributed by atoms with van der Waals surface area (Å²) in [5.74, 6) is -0.178. The van der Waals surface area contributed by atoms with Gasteiger partial charge in [-0.3, -0.25) is 0 Å². The van der Waals surface area contributed by atoms with Gasteiger partial charge in [-0.05, 0) is 31.2 Å². The predicted molar refractivity (Wildman–Crippen MR) is 80.5 cm³/mol. The van der Waals surface area contributed by atoms with Crippen LogP contribution in [-0.4, -0.2) is 25.8 Å². The van der Waals surface area contributed by atoms with Crippen molar-refractivity contribution in [3.05, 3.63) is 35.9 Å². The first-order valence-electron chi connectivity index (χ1n) is 6.70. The number of hydrogen-bond acceptors (Lipinski definition) is 4. The van der Waals surface area contributed by atoms with E-state index >= 15 is 0 Å². The van der Waals surface area contributed by atoms with Crippen LogP contribution >= 0.6 is 10.7 Å². The number of benzene rings is 1. The fourth-order valence-electron chi connectivity index (χ4n) is 2.33. The quantitative estimate of drug-likeness (QED) is 0.813. The molecule has 1 aliphatic rings. The van der Waals surface area contributed by atoms with Crippen molar-refractivity contribution in [1.29, 1.82) is 0 Å². The molecule has 21 heavy (non-hydrogen) atoms. The van der Waals surface area contributed by atoms with Crippen LogP contribution in [-0.2, 0) is 20.4 Å². The third-order valence-corrected chi connectivity index (χ3v) is 4.82. The number of hydrogen-bond donors (Lipinski definition) is 1. The van der Waals surface area contributed by atoms with Crippen LogP contribution in [0.1, 0.15) is 25.3 Å². The average Bonchev–Trinajstić information content (AvgIpc) is 3.20. The van der Waals surface area contributed by atoms with E-state index in [0.29, 0.717) is 0 Å². The van der Waals surface area contributed by atoms with Gasteiger partial charge < -0.3 is 10.1 Å². The Hall–Kier alpha value is -1.27. The summed E-state index contributed by atoms with van der Waals surface area (Å²) >= 11 is 0. The summed E-state index contributed by atoms with van der Waals surface area (Å²) in [6.45, 7) is 1.83. The third kappa shape index (κ3) is 5.21. The van der Waals surface area contributed by atoms with Gasteiger partial charge in [0.2, 0.25) is 9.05 Å². The lowest BCUT2D eigenvalue weighted by atomic mass is 9.99. The zero-order valence-electron chi connectivity index (χ0n) is 11.7. The van der Waals surface area contributed by atoms with Crippen LogP contribution in [0, 0.1) is 5.92 Å². The number of amides is 1. The Balaban J connectivity index is 1.93. The van der Waals surface area contributed by atoms with Crippen molar-refractivity contribution in [1.82, 2.24) is 5.32 Å². The van der Waals surface area contributed by atoms with Crippen LogP contribution in [0.4, 0.5) is 4.79 Å². The number of halogens is 1. The standard InChI is InChI=1S/C14H18ClNO4S/c1-14(12-7-8-12,10-21(15,18)19)16-13(17)20-9-11-5-3-2-4-6-11/h2-6,12H,7-10H2,1H3,(H,16,17). The molecule has 7 heteroatoms. The van der Waals surface area contributed by atoms with E-state index in [4.69, 9.17) is 15.4 Å². The molecule has 1 atom stereocenters. The number of ether oxygens (including phenoxy) is 1. The van der Waals surface area contributed by atoms with Crippen molar-refractivity contribution in [3.63, 3.8) is 0 Å². The number of nitrogens with one attached hydrogen (secondary N) is 1. The molecule has 1 unspecified atom stereocenters. The number of carbonyl (C=O) groups excluding carboxylic acids is 1. The van der Waals surface area contributed by atoms with E-state index in [-0.39, 0.29) is 18.3 Å². The molecule has 0 radical (unpaired) electrons. The molecule has 1 aromatic rings. The largest absolute Gasteiger partial charge is 0.445 e. The first-order chi connectivity index (χ1) is 9.78. The molecule has 5 nitrogen and oxygen atoms in total. The molecule has 1 saturated carbocycles. The van der Waals surface area contributed by atoms with Gasteiger partial charge in [0.25, 0.3) is 0 Å². The van der Waals surface area contributed by atoms with Gasteiger partial charge in [-0.1, -0.05) is 30.3 Å². The van der Waals surface area contributed by atoms with Gasteiger partial charge in [0.15, 0.2) is 0 Å². The lowest BCUT2D eigenvalue weighted by Crippen LogP contribution is -2.52. The maximum Gasteiger partial charge on any atom is 0.407 e. The van der Waals surface area contributed by atoms with Gasteiger partial charge in [0.1, 0.15) is 6.61 Å². The molecule has 0 bridgehead atoms. The third-order valence-electron chi connectivity index (χ3n) is 3.55. The Morgan fingerprint density at radius 1 is 1.38 bits per heavy atom. The highest BCUT2D eigenvalue weighted by Gasteiger charge is 2.45. The summed E-state index contributed by atoms with van der Waals surface area (Å²) in [5, 5.41) is 2.66. The van der Waals surface area contributed by atoms with Gasteiger partial charge in [-0.15, -0.1) is 0 Å². The van der Waals surface area contributed by atoms with Crippen LogP contribution in [0.3, 0.4) is 0 Å². The van der Waals surface area contributed by atoms with Crippen LogP contribution < -0.4 is 5.32 Å². The molecule has 2 rings (SSSR count). The average molecular weight is 332 g/mol. The van der Waals surface area contributed by atoms with Crippen LogP contribution in [0.2, 0.25) is 0 Å². The summed E-state index contributed by atoms with van der Waals surface area (Å²) in [7, 11) is 1.63. The zero-order chi connectivity index (χ0) is 15.5. The van der Waals surface area contributed by atoms with Crippen molar-refractivity contribution >= 4 is 25.8 Å². The highest BCUT2D eigenvalue weighted by molar-refractivity contribution is 8.13. The summed E-state index contributed by atoms with van der Waals surface area (Å²) in [5.41, 5.74) is -0.0142. The second kappa shape index (κ2) is 6.23. The van der Waals surface area contributed by atoms with E-state index in [0.717, 1.165) is 18.4 Å². The van der Waals surface area contributed by atoms with Crippen LogP contribution in [0.5, 0.6) is 0 Å². The minimum absolute atomic E-state index is 0.121. The first-order valence-corrected chi connectivity index (χ1v) is 9.17. The smallest absolute Gasteiger partial charge is 0.407 e. The Bertz CT molecular complexity index is 601. The van der Waals surface area contributed by atoms with Crippen molar-refractivity contribution in [3.8, 4) is 0 Å². The number of alkyl carbamates (subject to hydrolysis) is 1. The monoisotopic (exact) mass is 331 g/mol. The van der Waals surface area contributed by atoms with E-state index in [2.05, 4.69) is 5.32 Å². The minimum Gasteiger partial charge on any atom is -0.445 e. The first kappa shape index (κ1) is 16.1. The van der Waals surface area contributed by atoms with Crippen molar-refractivity contribution < 1.29 is 17.9 Å². The van der Waals surface area contributed by atoms with Gasteiger partial charge in [0, 0.05) is 10.7 Å². The second-order valence-electron chi connectivity index (χ2n) is 5.56. The van der Waals surface area contributed by atoms with E-state index in [9.17, 15) is 13.2 Å². The molecule has 0 spiro atoms. The molecule has 1 N–H and O–H groups in total. The van der Waals surface area contributed by atoms with E-state index in [1.807, 2.05) is 30.3 Å². The maximum atomic E-state index is 11.9.